The Hall–Kier alpha value is -2.10. The molecule has 0 aromatic rings. The lowest BCUT2D eigenvalue weighted by molar-refractivity contribution is 0.0738. The van der Waals surface area contributed by atoms with Crippen LogP contribution in [0.2, 0.25) is 18.1 Å². The molecule has 4 rings (SSSR count). The average molecular weight is 503 g/mol. The van der Waals surface area contributed by atoms with Gasteiger partial charge in [0, 0.05) is 17.3 Å². The van der Waals surface area contributed by atoms with E-state index >= 15 is 0 Å². The molecule has 0 amide bonds. The first kappa shape index (κ1) is 26.9. The van der Waals surface area contributed by atoms with Gasteiger partial charge in [-0.2, -0.15) is 0 Å². The highest BCUT2D eigenvalue weighted by Crippen LogP contribution is 2.58. The Morgan fingerprint density at radius 1 is 1.06 bits per heavy atom. The lowest BCUT2D eigenvalue weighted by Gasteiger charge is -2.46. The highest BCUT2D eigenvalue weighted by molar-refractivity contribution is 6.74. The number of allylic oxidation sites excluding steroid dienone is 14. The molecule has 0 bridgehead atoms. The molecule has 0 aromatic heterocycles. The van der Waals surface area contributed by atoms with Gasteiger partial charge in [-0.3, -0.25) is 0 Å². The fourth-order valence-corrected chi connectivity index (χ4v) is 7.15. The Bertz CT molecular complexity index is 1190. The third-order valence-electron chi connectivity index (χ3n) is 9.38. The normalized spacial score (nSPS) is 28.8. The summed E-state index contributed by atoms with van der Waals surface area (Å²) < 4.78 is 6.78. The molecular formula is C33H46O2Si. The second kappa shape index (κ2) is 8.74. The van der Waals surface area contributed by atoms with E-state index < -0.39 is 13.9 Å². The summed E-state index contributed by atoms with van der Waals surface area (Å²) in [5.41, 5.74) is 6.31. The summed E-state index contributed by atoms with van der Waals surface area (Å²) in [6.45, 7) is 24.2. The summed E-state index contributed by atoms with van der Waals surface area (Å²) in [5.74, 6) is 1.11. The Morgan fingerprint density at radius 3 is 2.39 bits per heavy atom. The van der Waals surface area contributed by atoms with Gasteiger partial charge >= 0.3 is 0 Å². The van der Waals surface area contributed by atoms with Crippen LogP contribution in [0.3, 0.4) is 0 Å². The van der Waals surface area contributed by atoms with Gasteiger partial charge in [-0.1, -0.05) is 75.8 Å². The lowest BCUT2D eigenvalue weighted by atomic mass is 9.59. The molecule has 0 fully saturated rings. The minimum atomic E-state index is -1.91. The summed E-state index contributed by atoms with van der Waals surface area (Å²) in [4.78, 5) is 0. The molecule has 0 spiro atoms. The first-order valence-electron chi connectivity index (χ1n) is 13.5. The quantitative estimate of drug-likeness (QED) is 0.278. The van der Waals surface area contributed by atoms with Crippen LogP contribution in [-0.2, 0) is 4.43 Å². The first-order valence-corrected chi connectivity index (χ1v) is 16.5. The van der Waals surface area contributed by atoms with E-state index in [9.17, 15) is 5.11 Å². The van der Waals surface area contributed by atoms with Crippen LogP contribution < -0.4 is 0 Å². The number of fused-ring (bicyclic) bond motifs is 4. The van der Waals surface area contributed by atoms with Gasteiger partial charge in [-0.25, -0.2) is 0 Å². The fourth-order valence-electron chi connectivity index (χ4n) is 6.05. The highest BCUT2D eigenvalue weighted by Gasteiger charge is 2.49. The van der Waals surface area contributed by atoms with E-state index in [0.717, 1.165) is 37.0 Å². The zero-order valence-electron chi connectivity index (χ0n) is 24.0. The van der Waals surface area contributed by atoms with Gasteiger partial charge in [0.05, 0.1) is 11.4 Å². The zero-order chi connectivity index (χ0) is 26.7. The number of rotatable bonds is 7. The molecule has 1 unspecified atom stereocenters. The van der Waals surface area contributed by atoms with E-state index in [4.69, 9.17) is 4.43 Å². The Balaban J connectivity index is 1.61. The van der Waals surface area contributed by atoms with Crippen LogP contribution in [0.5, 0.6) is 0 Å². The van der Waals surface area contributed by atoms with Gasteiger partial charge in [-0.05, 0) is 92.1 Å². The smallest absolute Gasteiger partial charge is 0.250 e. The predicted molar refractivity (Wildman–Crippen MR) is 156 cm³/mol. The van der Waals surface area contributed by atoms with Crippen molar-refractivity contribution in [3.63, 3.8) is 0 Å². The van der Waals surface area contributed by atoms with Crippen LogP contribution in [0, 0.1) is 10.8 Å². The predicted octanol–water partition coefficient (Wildman–Crippen LogP) is 9.03. The van der Waals surface area contributed by atoms with Crippen molar-refractivity contribution in [2.45, 2.75) is 97.9 Å². The van der Waals surface area contributed by atoms with Crippen LogP contribution >= 0.6 is 0 Å². The van der Waals surface area contributed by atoms with Crippen molar-refractivity contribution in [3.8, 4) is 0 Å². The second-order valence-electron chi connectivity index (χ2n) is 13.6. The van der Waals surface area contributed by atoms with E-state index in [-0.39, 0.29) is 15.9 Å². The van der Waals surface area contributed by atoms with Crippen LogP contribution in [0.1, 0.15) is 74.1 Å². The van der Waals surface area contributed by atoms with Crippen molar-refractivity contribution < 1.29 is 9.53 Å². The van der Waals surface area contributed by atoms with Gasteiger partial charge in [0.25, 0.3) is 0 Å². The third-order valence-corrected chi connectivity index (χ3v) is 13.8. The van der Waals surface area contributed by atoms with Crippen molar-refractivity contribution in [1.82, 2.24) is 0 Å². The molecular weight excluding hydrogens is 456 g/mol. The molecule has 0 heterocycles. The maximum atomic E-state index is 11.5. The van der Waals surface area contributed by atoms with E-state index in [2.05, 4.69) is 110 Å². The van der Waals surface area contributed by atoms with Crippen molar-refractivity contribution in [2.24, 2.45) is 10.8 Å². The van der Waals surface area contributed by atoms with Gasteiger partial charge in [0.15, 0.2) is 0 Å². The fraction of sp³-hybridized carbons (Fsp3) is 0.515. The van der Waals surface area contributed by atoms with Gasteiger partial charge < -0.3 is 9.53 Å². The first-order chi connectivity index (χ1) is 16.5. The summed E-state index contributed by atoms with van der Waals surface area (Å²) in [5, 5.41) is 11.7. The SMILES string of the molecule is C=C(C)CCCC(C)(O)C1=CC=C2C3=C(C=C[C@@]21C)[C@]1(C)CC(O[Si](C)(C)C(C)(C)C)=CC=C1C=C3. The molecule has 3 heteroatoms. The molecule has 0 radical (unpaired) electrons. The maximum Gasteiger partial charge on any atom is 0.250 e. The molecule has 194 valence electrons. The van der Waals surface area contributed by atoms with Crippen LogP contribution in [-0.4, -0.2) is 19.0 Å². The Labute approximate surface area is 220 Å². The number of hydrogen-bond acceptors (Lipinski definition) is 2. The topological polar surface area (TPSA) is 29.5 Å². The molecule has 0 saturated carbocycles. The highest BCUT2D eigenvalue weighted by atomic mass is 28.4. The van der Waals surface area contributed by atoms with E-state index in [1.54, 1.807) is 0 Å². The van der Waals surface area contributed by atoms with Crippen molar-refractivity contribution in [2.75, 3.05) is 0 Å². The second-order valence-corrected chi connectivity index (χ2v) is 18.3. The Kier molecular flexibility index (Phi) is 6.54. The number of aliphatic hydroxyl groups is 1. The van der Waals surface area contributed by atoms with Crippen molar-refractivity contribution >= 4 is 8.32 Å². The largest absolute Gasteiger partial charge is 0.546 e. The van der Waals surface area contributed by atoms with E-state index in [1.807, 2.05) is 6.92 Å². The third kappa shape index (κ3) is 4.43. The summed E-state index contributed by atoms with van der Waals surface area (Å²) >= 11 is 0. The molecule has 0 saturated heterocycles. The van der Waals surface area contributed by atoms with Crippen LogP contribution in [0.4, 0.5) is 0 Å². The minimum absolute atomic E-state index is 0.123. The minimum Gasteiger partial charge on any atom is -0.546 e. The van der Waals surface area contributed by atoms with E-state index in [1.165, 1.54) is 27.9 Å². The maximum absolute atomic E-state index is 11.5. The van der Waals surface area contributed by atoms with Crippen LogP contribution in [0.15, 0.2) is 94.4 Å². The van der Waals surface area contributed by atoms with Gasteiger partial charge in [-0.15, -0.1) is 6.58 Å². The monoisotopic (exact) mass is 502 g/mol. The van der Waals surface area contributed by atoms with E-state index in [0.29, 0.717) is 0 Å². The zero-order valence-corrected chi connectivity index (χ0v) is 25.0. The molecule has 4 aliphatic rings. The average Bonchev–Trinajstić information content (AvgIpc) is 3.10. The summed E-state index contributed by atoms with van der Waals surface area (Å²) in [6, 6.07) is 0. The summed E-state index contributed by atoms with van der Waals surface area (Å²) in [7, 11) is -1.91. The van der Waals surface area contributed by atoms with Crippen LogP contribution in [0.25, 0.3) is 0 Å². The molecule has 1 N–H and O–H groups in total. The van der Waals surface area contributed by atoms with Gasteiger partial charge in [0.2, 0.25) is 8.32 Å². The standard InChI is InChI=1S/C33H46O2Si/c1-23(2)12-11-20-33(8,34)29-18-17-27-26-16-14-24-13-15-25(35-36(9,10)30(3,4)5)22-32(24,7)28(26)19-21-31(27,29)6/h13-19,21,34H,1,11-12,20,22H2,2-10H3/t31-,32+,33?/m0/s1. The molecule has 3 atom stereocenters. The number of hydrogen-bond donors (Lipinski definition) is 1. The van der Waals surface area contributed by atoms with Crippen molar-refractivity contribution in [3.05, 3.63) is 94.4 Å². The molecule has 2 nitrogen and oxygen atoms in total. The molecule has 0 aromatic carbocycles. The molecule has 0 aliphatic heterocycles. The molecule has 36 heavy (non-hydrogen) atoms. The summed E-state index contributed by atoms with van der Waals surface area (Å²) in [6.07, 6.45) is 21.6. The molecule has 4 aliphatic carbocycles. The van der Waals surface area contributed by atoms with Gasteiger partial charge in [0.1, 0.15) is 0 Å². The lowest BCUT2D eigenvalue weighted by Crippen LogP contribution is -2.42. The Morgan fingerprint density at radius 2 is 1.75 bits per heavy atom. The van der Waals surface area contributed by atoms with Crippen molar-refractivity contribution in [1.29, 1.82) is 0 Å².